The van der Waals surface area contributed by atoms with Gasteiger partial charge in [0.05, 0.1) is 12.3 Å². The van der Waals surface area contributed by atoms with E-state index in [0.717, 1.165) is 0 Å². The summed E-state index contributed by atoms with van der Waals surface area (Å²) in [6.45, 7) is 1.27. The topological polar surface area (TPSA) is 131 Å². The lowest BCUT2D eigenvalue weighted by Crippen LogP contribution is -2.65. The number of hydrogen-bond donors (Lipinski definition) is 4. The number of amides is 2. The summed E-state index contributed by atoms with van der Waals surface area (Å²) < 4.78 is 5.68. The molecule has 0 bridgehead atoms. The third kappa shape index (κ3) is 3.32. The summed E-state index contributed by atoms with van der Waals surface area (Å²) in [6.07, 6.45) is -6.24. The van der Waals surface area contributed by atoms with Crippen molar-refractivity contribution in [2.75, 3.05) is 18.7 Å². The number of nitrogens with zero attached hydrogens (tertiary/aromatic N) is 2. The van der Waals surface area contributed by atoms with Gasteiger partial charge in [-0.25, -0.2) is 10.0 Å². The molecule has 9 heteroatoms. The fourth-order valence-corrected chi connectivity index (χ4v) is 4.22. The molecule has 1 aromatic rings. The van der Waals surface area contributed by atoms with Gasteiger partial charge in [0.1, 0.15) is 30.5 Å². The normalized spacial score (nSPS) is 35.4. The zero-order valence-electron chi connectivity index (χ0n) is 16.5. The van der Waals surface area contributed by atoms with Gasteiger partial charge >= 0.3 is 0 Å². The fourth-order valence-electron chi connectivity index (χ4n) is 4.22. The van der Waals surface area contributed by atoms with E-state index in [1.54, 1.807) is 30.3 Å². The summed E-state index contributed by atoms with van der Waals surface area (Å²) >= 11 is 0. The molecule has 2 aliphatic heterocycles. The number of para-hydroxylation sites is 1. The first-order valence-electron chi connectivity index (χ1n) is 9.79. The minimum Gasteiger partial charge on any atom is -0.394 e. The first kappa shape index (κ1) is 21.7. The molecular weight excluding hydrogens is 380 g/mol. The van der Waals surface area contributed by atoms with Crippen LogP contribution in [0.1, 0.15) is 26.2 Å². The van der Waals surface area contributed by atoms with Crippen molar-refractivity contribution in [3.63, 3.8) is 0 Å². The zero-order valence-corrected chi connectivity index (χ0v) is 16.5. The molecule has 0 spiro atoms. The minimum absolute atomic E-state index is 0.0948. The molecule has 3 rings (SSSR count). The molecule has 0 aromatic heterocycles. The molecule has 160 valence electrons. The maximum atomic E-state index is 13.6. The minimum atomic E-state index is -1.78. The number of anilines is 1. The van der Waals surface area contributed by atoms with Gasteiger partial charge in [0.15, 0.2) is 5.41 Å². The number of benzene rings is 1. The molecule has 6 atom stereocenters. The van der Waals surface area contributed by atoms with Crippen molar-refractivity contribution in [2.24, 2.45) is 5.41 Å². The highest BCUT2D eigenvalue weighted by atomic mass is 16.5. The molecule has 1 aromatic carbocycles. The van der Waals surface area contributed by atoms with E-state index in [-0.39, 0.29) is 6.42 Å². The molecule has 0 saturated carbocycles. The van der Waals surface area contributed by atoms with E-state index in [2.05, 4.69) is 0 Å². The van der Waals surface area contributed by atoms with Crippen LogP contribution in [-0.2, 0) is 14.3 Å². The SMILES string of the molecule is CCCCC1([C@H]2O[C@H](CO)[C@@H](O)[C@H](O)[C@@H]2O)C(=O)N(C)N(c2ccccc2)C1=O. The van der Waals surface area contributed by atoms with Crippen molar-refractivity contribution in [2.45, 2.75) is 56.7 Å². The van der Waals surface area contributed by atoms with Gasteiger partial charge < -0.3 is 25.2 Å². The molecule has 29 heavy (non-hydrogen) atoms. The van der Waals surface area contributed by atoms with Crippen LogP contribution < -0.4 is 5.01 Å². The van der Waals surface area contributed by atoms with Crippen molar-refractivity contribution in [1.82, 2.24) is 5.01 Å². The summed E-state index contributed by atoms with van der Waals surface area (Å²) in [5, 5.41) is 43.0. The number of hydrazine groups is 1. The smallest absolute Gasteiger partial charge is 0.264 e. The molecule has 2 aliphatic rings. The molecule has 1 unspecified atom stereocenters. The Bertz CT molecular complexity index is 744. The monoisotopic (exact) mass is 408 g/mol. The van der Waals surface area contributed by atoms with Crippen LogP contribution in [0, 0.1) is 5.41 Å². The van der Waals surface area contributed by atoms with E-state index in [4.69, 9.17) is 4.74 Å². The molecule has 0 aliphatic carbocycles. The molecule has 2 amide bonds. The third-order valence-electron chi connectivity index (χ3n) is 5.85. The fraction of sp³-hybridized carbons (Fsp3) is 0.600. The summed E-state index contributed by atoms with van der Waals surface area (Å²) in [5.41, 5.74) is -1.30. The van der Waals surface area contributed by atoms with Gasteiger partial charge in [-0.2, -0.15) is 0 Å². The van der Waals surface area contributed by atoms with Crippen molar-refractivity contribution in [3.8, 4) is 0 Å². The molecule has 2 fully saturated rings. The van der Waals surface area contributed by atoms with E-state index in [0.29, 0.717) is 18.5 Å². The van der Waals surface area contributed by atoms with E-state index in [9.17, 15) is 30.0 Å². The van der Waals surface area contributed by atoms with Gasteiger partial charge in [-0.3, -0.25) is 9.59 Å². The Kier molecular flexibility index (Phi) is 6.25. The van der Waals surface area contributed by atoms with Crippen LogP contribution in [-0.4, -0.2) is 81.4 Å². The molecular formula is C20H28N2O7. The third-order valence-corrected chi connectivity index (χ3v) is 5.85. The molecule has 4 N–H and O–H groups in total. The summed E-state index contributed by atoms with van der Waals surface area (Å²) in [5.74, 6) is -1.14. The molecule has 9 nitrogen and oxygen atoms in total. The van der Waals surface area contributed by atoms with Crippen LogP contribution in [0.25, 0.3) is 0 Å². The molecule has 2 heterocycles. The number of unbranched alkanes of at least 4 members (excludes halogenated alkanes) is 1. The van der Waals surface area contributed by atoms with Crippen LogP contribution in [0.5, 0.6) is 0 Å². The number of hydrogen-bond acceptors (Lipinski definition) is 7. The zero-order chi connectivity index (χ0) is 21.3. The Balaban J connectivity index is 2.08. The maximum Gasteiger partial charge on any atom is 0.264 e. The second-order valence-corrected chi connectivity index (χ2v) is 7.61. The van der Waals surface area contributed by atoms with Crippen molar-refractivity contribution in [1.29, 1.82) is 0 Å². The van der Waals surface area contributed by atoms with Crippen molar-refractivity contribution in [3.05, 3.63) is 30.3 Å². The van der Waals surface area contributed by atoms with Gasteiger partial charge in [0, 0.05) is 7.05 Å². The predicted molar refractivity (Wildman–Crippen MR) is 102 cm³/mol. The van der Waals surface area contributed by atoms with Crippen molar-refractivity contribution < 1.29 is 34.8 Å². The van der Waals surface area contributed by atoms with Gasteiger partial charge in [0.25, 0.3) is 11.8 Å². The van der Waals surface area contributed by atoms with Gasteiger partial charge in [-0.15, -0.1) is 0 Å². The highest BCUT2D eigenvalue weighted by molar-refractivity contribution is 6.18. The van der Waals surface area contributed by atoms with Gasteiger partial charge in [-0.1, -0.05) is 38.0 Å². The van der Waals surface area contributed by atoms with E-state index >= 15 is 0 Å². The Hall–Kier alpha value is -2.04. The number of aliphatic hydroxyl groups is 4. The van der Waals surface area contributed by atoms with Crippen LogP contribution in [0.2, 0.25) is 0 Å². The Morgan fingerprint density at radius 1 is 1.03 bits per heavy atom. The van der Waals surface area contributed by atoms with E-state index in [1.165, 1.54) is 17.1 Å². The van der Waals surface area contributed by atoms with Crippen LogP contribution in [0.3, 0.4) is 0 Å². The van der Waals surface area contributed by atoms with E-state index < -0.39 is 54.4 Å². The lowest BCUT2D eigenvalue weighted by atomic mass is 9.71. The summed E-state index contributed by atoms with van der Waals surface area (Å²) in [4.78, 5) is 27.1. The maximum absolute atomic E-state index is 13.6. The van der Waals surface area contributed by atoms with Gasteiger partial charge in [-0.05, 0) is 18.6 Å². The Morgan fingerprint density at radius 2 is 1.69 bits per heavy atom. The first-order chi connectivity index (χ1) is 13.8. The first-order valence-corrected chi connectivity index (χ1v) is 9.79. The number of rotatable bonds is 6. The lowest BCUT2D eigenvalue weighted by molar-refractivity contribution is -0.251. The van der Waals surface area contributed by atoms with E-state index in [1.807, 2.05) is 6.92 Å². The highest BCUT2D eigenvalue weighted by Gasteiger charge is 2.66. The van der Waals surface area contributed by atoms with Crippen molar-refractivity contribution >= 4 is 17.5 Å². The summed E-state index contributed by atoms with van der Waals surface area (Å²) in [7, 11) is 1.46. The second-order valence-electron chi connectivity index (χ2n) is 7.61. The largest absolute Gasteiger partial charge is 0.394 e. The number of carbonyl (C=O) groups excluding carboxylic acids is 2. The molecule has 0 radical (unpaired) electrons. The quantitative estimate of drug-likeness (QED) is 0.464. The highest BCUT2D eigenvalue weighted by Crippen LogP contribution is 2.46. The van der Waals surface area contributed by atoms with Gasteiger partial charge in [0.2, 0.25) is 0 Å². The Morgan fingerprint density at radius 3 is 2.28 bits per heavy atom. The second kappa shape index (κ2) is 8.37. The van der Waals surface area contributed by atoms with Crippen LogP contribution in [0.15, 0.2) is 30.3 Å². The summed E-state index contributed by atoms with van der Waals surface area (Å²) in [6, 6.07) is 8.63. The predicted octanol–water partition coefficient (Wildman–Crippen LogP) is -0.574. The average molecular weight is 408 g/mol. The number of carbonyl (C=O) groups is 2. The van der Waals surface area contributed by atoms with Crippen LogP contribution >= 0.6 is 0 Å². The average Bonchev–Trinajstić information content (AvgIpc) is 2.92. The standard InChI is InChI=1S/C20H28N2O7/c1-3-4-10-20(17-16(26)15(25)14(24)13(11-23)29-17)18(27)21(2)22(19(20)28)12-8-6-5-7-9-12/h5-9,13-17,23-26H,3-4,10-11H2,1-2H3/t13-,14-,15+,16+,17+,20?/m1/s1. The number of aliphatic hydroxyl groups excluding tert-OH is 4. The van der Waals surface area contributed by atoms with Crippen LogP contribution in [0.4, 0.5) is 5.69 Å². The Labute approximate surface area is 169 Å². The number of ether oxygens (including phenoxy) is 1. The molecule has 2 saturated heterocycles. The lowest BCUT2D eigenvalue weighted by Gasteiger charge is -2.45.